The summed E-state index contributed by atoms with van der Waals surface area (Å²) in [7, 11) is 1.92. The lowest BCUT2D eigenvalue weighted by Gasteiger charge is -2.29. The number of halogens is 1. The highest BCUT2D eigenvalue weighted by Gasteiger charge is 2.21. The van der Waals surface area contributed by atoms with Crippen molar-refractivity contribution < 1.29 is 13.6 Å². The van der Waals surface area contributed by atoms with Gasteiger partial charge in [-0.3, -0.25) is 4.79 Å². The highest BCUT2D eigenvalue weighted by molar-refractivity contribution is 5.76. The van der Waals surface area contributed by atoms with Crippen LogP contribution in [0.2, 0.25) is 0 Å². The molecule has 0 radical (unpaired) electrons. The van der Waals surface area contributed by atoms with Crippen molar-refractivity contribution in [3.05, 3.63) is 42.2 Å². The number of carbonyl (C=O) groups is 1. The molecule has 1 fully saturated rings. The summed E-state index contributed by atoms with van der Waals surface area (Å²) >= 11 is 0. The number of aryl methyl sites for hydroxylation is 1. The Bertz CT molecular complexity index is 703. The zero-order valence-electron chi connectivity index (χ0n) is 15.4. The molecule has 5 heteroatoms. The van der Waals surface area contributed by atoms with Gasteiger partial charge in [0, 0.05) is 31.5 Å². The van der Waals surface area contributed by atoms with Crippen molar-refractivity contribution >= 4 is 5.91 Å². The van der Waals surface area contributed by atoms with E-state index in [0.717, 1.165) is 18.4 Å². The van der Waals surface area contributed by atoms with Crippen LogP contribution in [0.3, 0.4) is 0 Å². The van der Waals surface area contributed by atoms with E-state index in [4.69, 9.17) is 4.42 Å². The summed E-state index contributed by atoms with van der Waals surface area (Å²) in [6.07, 6.45) is 11.0. The van der Waals surface area contributed by atoms with Gasteiger partial charge >= 0.3 is 0 Å². The minimum atomic E-state index is -0.281. The zero-order valence-corrected chi connectivity index (χ0v) is 15.4. The van der Waals surface area contributed by atoms with E-state index in [0.29, 0.717) is 30.5 Å². The standard InChI is InChI=1S/C21H27FN2O2/c1-24(18-7-5-3-2-4-6-8-18)21(25)14-13-20-23-15-19(26-20)16-9-11-17(22)12-10-16/h9-12,15,18H,2-8,13-14H2,1H3. The van der Waals surface area contributed by atoms with Crippen molar-refractivity contribution in [3.63, 3.8) is 0 Å². The van der Waals surface area contributed by atoms with Gasteiger partial charge in [-0.05, 0) is 37.1 Å². The first-order valence-electron chi connectivity index (χ1n) is 9.60. The second kappa shape index (κ2) is 8.97. The van der Waals surface area contributed by atoms with Crippen LogP contribution in [0.25, 0.3) is 11.3 Å². The fraction of sp³-hybridized carbons (Fsp3) is 0.524. The number of carbonyl (C=O) groups excluding carboxylic acids is 1. The first-order chi connectivity index (χ1) is 12.6. The number of benzene rings is 1. The lowest BCUT2D eigenvalue weighted by atomic mass is 9.95. The minimum Gasteiger partial charge on any atom is -0.441 e. The largest absolute Gasteiger partial charge is 0.441 e. The maximum absolute atomic E-state index is 13.0. The molecular formula is C21H27FN2O2. The normalized spacial score (nSPS) is 16.1. The van der Waals surface area contributed by atoms with Gasteiger partial charge in [0.25, 0.3) is 0 Å². The molecule has 4 nitrogen and oxygen atoms in total. The molecule has 1 heterocycles. The van der Waals surface area contributed by atoms with Gasteiger partial charge in [0.1, 0.15) is 5.82 Å². The molecule has 0 atom stereocenters. The predicted octanol–water partition coefficient (Wildman–Crippen LogP) is 4.98. The van der Waals surface area contributed by atoms with Crippen LogP contribution < -0.4 is 0 Å². The maximum atomic E-state index is 13.0. The second-order valence-corrected chi connectivity index (χ2v) is 7.13. The predicted molar refractivity (Wildman–Crippen MR) is 99.1 cm³/mol. The molecule has 2 aromatic rings. The Morgan fingerprint density at radius 2 is 1.81 bits per heavy atom. The molecule has 0 saturated heterocycles. The van der Waals surface area contributed by atoms with Gasteiger partial charge < -0.3 is 9.32 Å². The molecule has 1 amide bonds. The molecule has 26 heavy (non-hydrogen) atoms. The summed E-state index contributed by atoms with van der Waals surface area (Å²) in [5.74, 6) is 1.01. The molecule has 1 saturated carbocycles. The Labute approximate surface area is 154 Å². The van der Waals surface area contributed by atoms with Crippen LogP contribution in [-0.2, 0) is 11.2 Å². The van der Waals surface area contributed by atoms with E-state index in [9.17, 15) is 9.18 Å². The lowest BCUT2D eigenvalue weighted by molar-refractivity contribution is -0.132. The SMILES string of the molecule is CN(C(=O)CCc1ncc(-c2ccc(F)cc2)o1)C1CCCCCCC1. The van der Waals surface area contributed by atoms with E-state index in [1.807, 2.05) is 11.9 Å². The average Bonchev–Trinajstić information content (AvgIpc) is 3.08. The van der Waals surface area contributed by atoms with Crippen molar-refractivity contribution in [2.24, 2.45) is 0 Å². The van der Waals surface area contributed by atoms with Gasteiger partial charge in [-0.15, -0.1) is 0 Å². The van der Waals surface area contributed by atoms with Gasteiger partial charge in [0.2, 0.25) is 5.91 Å². The molecule has 0 unspecified atom stereocenters. The molecule has 3 rings (SSSR count). The summed E-state index contributed by atoms with van der Waals surface area (Å²) in [6, 6.07) is 6.47. The Morgan fingerprint density at radius 3 is 2.50 bits per heavy atom. The van der Waals surface area contributed by atoms with Gasteiger partial charge in [-0.2, -0.15) is 0 Å². The van der Waals surface area contributed by atoms with E-state index < -0.39 is 0 Å². The summed E-state index contributed by atoms with van der Waals surface area (Å²) in [4.78, 5) is 18.7. The number of oxazole rings is 1. The molecule has 1 aliphatic rings. The number of hydrogen-bond acceptors (Lipinski definition) is 3. The van der Waals surface area contributed by atoms with Gasteiger partial charge in [0.05, 0.1) is 6.20 Å². The Kier molecular flexibility index (Phi) is 6.42. The quantitative estimate of drug-likeness (QED) is 0.757. The molecular weight excluding hydrogens is 331 g/mol. The van der Waals surface area contributed by atoms with E-state index >= 15 is 0 Å². The molecule has 140 valence electrons. The smallest absolute Gasteiger partial charge is 0.223 e. The van der Waals surface area contributed by atoms with E-state index in [2.05, 4.69) is 4.98 Å². The lowest BCUT2D eigenvalue weighted by Crippen LogP contribution is -2.37. The van der Waals surface area contributed by atoms with Crippen LogP contribution in [0.5, 0.6) is 0 Å². The van der Waals surface area contributed by atoms with E-state index in [-0.39, 0.29) is 11.7 Å². The van der Waals surface area contributed by atoms with E-state index in [1.54, 1.807) is 18.3 Å². The highest BCUT2D eigenvalue weighted by atomic mass is 19.1. The van der Waals surface area contributed by atoms with Crippen LogP contribution >= 0.6 is 0 Å². The fourth-order valence-corrected chi connectivity index (χ4v) is 3.59. The van der Waals surface area contributed by atoms with Crippen molar-refractivity contribution in [3.8, 4) is 11.3 Å². The topological polar surface area (TPSA) is 46.3 Å². The van der Waals surface area contributed by atoms with Crippen LogP contribution in [-0.4, -0.2) is 28.9 Å². The third-order valence-corrected chi connectivity index (χ3v) is 5.25. The minimum absolute atomic E-state index is 0.150. The molecule has 0 N–H and O–H groups in total. The monoisotopic (exact) mass is 358 g/mol. The van der Waals surface area contributed by atoms with Gasteiger partial charge in [-0.1, -0.05) is 32.1 Å². The summed E-state index contributed by atoms with van der Waals surface area (Å²) < 4.78 is 18.7. The third kappa shape index (κ3) is 4.93. The first kappa shape index (κ1) is 18.6. The molecule has 0 spiro atoms. The Morgan fingerprint density at radius 1 is 1.15 bits per heavy atom. The number of nitrogens with zero attached hydrogens (tertiary/aromatic N) is 2. The molecule has 1 aliphatic carbocycles. The molecule has 1 aromatic heterocycles. The van der Waals surface area contributed by atoms with E-state index in [1.165, 1.54) is 44.2 Å². The van der Waals surface area contributed by atoms with Crippen LogP contribution in [0, 0.1) is 5.82 Å². The average molecular weight is 358 g/mol. The van der Waals surface area contributed by atoms with Crippen LogP contribution in [0.1, 0.15) is 57.3 Å². The van der Waals surface area contributed by atoms with Crippen molar-refractivity contribution in [2.45, 2.75) is 63.8 Å². The Balaban J connectivity index is 1.53. The van der Waals surface area contributed by atoms with Crippen molar-refractivity contribution in [1.29, 1.82) is 0 Å². The van der Waals surface area contributed by atoms with Gasteiger partial charge in [0.15, 0.2) is 11.7 Å². The first-order valence-corrected chi connectivity index (χ1v) is 9.60. The molecule has 1 aromatic carbocycles. The number of aromatic nitrogens is 1. The van der Waals surface area contributed by atoms with Crippen LogP contribution in [0.4, 0.5) is 4.39 Å². The van der Waals surface area contributed by atoms with Crippen LogP contribution in [0.15, 0.2) is 34.9 Å². The Hall–Kier alpha value is -2.17. The highest BCUT2D eigenvalue weighted by Crippen LogP contribution is 2.23. The molecule has 0 bridgehead atoms. The number of hydrogen-bond donors (Lipinski definition) is 0. The third-order valence-electron chi connectivity index (χ3n) is 5.25. The second-order valence-electron chi connectivity index (χ2n) is 7.13. The van der Waals surface area contributed by atoms with Gasteiger partial charge in [-0.25, -0.2) is 9.37 Å². The molecule has 0 aliphatic heterocycles. The number of rotatable bonds is 5. The van der Waals surface area contributed by atoms with Crippen molar-refractivity contribution in [1.82, 2.24) is 9.88 Å². The summed E-state index contributed by atoms with van der Waals surface area (Å²) in [5.41, 5.74) is 0.781. The van der Waals surface area contributed by atoms with Crippen molar-refractivity contribution in [2.75, 3.05) is 7.05 Å². The fourth-order valence-electron chi connectivity index (χ4n) is 3.59. The zero-order chi connectivity index (χ0) is 18.4. The summed E-state index contributed by atoms with van der Waals surface area (Å²) in [5, 5.41) is 0. The number of amides is 1. The maximum Gasteiger partial charge on any atom is 0.223 e. The summed E-state index contributed by atoms with van der Waals surface area (Å²) in [6.45, 7) is 0.